The van der Waals surface area contributed by atoms with Crippen molar-refractivity contribution in [3.05, 3.63) is 35.4 Å². The smallest absolute Gasteiger partial charge is 0.123 e. The van der Waals surface area contributed by atoms with Crippen LogP contribution in [0.15, 0.2) is 24.3 Å². The van der Waals surface area contributed by atoms with E-state index in [0.717, 1.165) is 31.2 Å². The molecule has 2 fully saturated rings. The van der Waals surface area contributed by atoms with Crippen molar-refractivity contribution in [1.29, 1.82) is 5.41 Å². The van der Waals surface area contributed by atoms with Gasteiger partial charge in [-0.1, -0.05) is 24.3 Å². The van der Waals surface area contributed by atoms with Gasteiger partial charge in [-0.2, -0.15) is 0 Å². The van der Waals surface area contributed by atoms with E-state index in [1.807, 2.05) is 18.2 Å². The Hall–Kier alpha value is -1.39. The Morgan fingerprint density at radius 2 is 2.00 bits per heavy atom. The minimum absolute atomic E-state index is 0.179. The van der Waals surface area contributed by atoms with Crippen LogP contribution in [0.2, 0.25) is 0 Å². The topological polar surface area (TPSA) is 56.4 Å². The fourth-order valence-electron chi connectivity index (χ4n) is 3.59. The van der Waals surface area contributed by atoms with Crippen LogP contribution >= 0.6 is 0 Å². The van der Waals surface area contributed by atoms with Crippen LogP contribution in [0.4, 0.5) is 0 Å². The summed E-state index contributed by atoms with van der Waals surface area (Å²) in [5, 5.41) is 7.71. The highest BCUT2D eigenvalue weighted by Gasteiger charge is 2.28. The van der Waals surface area contributed by atoms with Crippen LogP contribution in [0.25, 0.3) is 0 Å². The van der Waals surface area contributed by atoms with Crippen molar-refractivity contribution in [2.75, 3.05) is 26.2 Å². The Labute approximate surface area is 121 Å². The van der Waals surface area contributed by atoms with Gasteiger partial charge in [0.15, 0.2) is 0 Å². The molecule has 4 heteroatoms. The van der Waals surface area contributed by atoms with Crippen LogP contribution in [-0.4, -0.2) is 47.9 Å². The molecule has 20 heavy (non-hydrogen) atoms. The first-order valence-corrected chi connectivity index (χ1v) is 7.63. The lowest BCUT2D eigenvalue weighted by molar-refractivity contribution is 0.215. The first-order valence-electron chi connectivity index (χ1n) is 7.63. The minimum Gasteiger partial charge on any atom is -0.384 e. The van der Waals surface area contributed by atoms with Crippen LogP contribution in [0.5, 0.6) is 0 Å². The van der Waals surface area contributed by atoms with Crippen LogP contribution in [0.1, 0.15) is 30.4 Å². The lowest BCUT2D eigenvalue weighted by Crippen LogP contribution is -2.36. The highest BCUT2D eigenvalue weighted by Crippen LogP contribution is 2.22. The predicted octanol–water partition coefficient (Wildman–Crippen LogP) is 1.64. The second-order valence-electron chi connectivity index (χ2n) is 5.99. The molecule has 0 amide bonds. The third kappa shape index (κ3) is 2.86. The van der Waals surface area contributed by atoms with E-state index in [-0.39, 0.29) is 5.84 Å². The van der Waals surface area contributed by atoms with Crippen molar-refractivity contribution >= 4 is 5.84 Å². The number of nitrogen functional groups attached to an aromatic ring is 1. The maximum absolute atomic E-state index is 7.71. The third-order valence-electron chi connectivity index (χ3n) is 4.59. The highest BCUT2D eigenvalue weighted by atomic mass is 15.3. The molecule has 0 saturated carbocycles. The molecular formula is C16H24N4. The summed E-state index contributed by atoms with van der Waals surface area (Å²) in [6.45, 7) is 5.75. The molecule has 0 aliphatic carbocycles. The van der Waals surface area contributed by atoms with Gasteiger partial charge in [0.1, 0.15) is 5.84 Å². The highest BCUT2D eigenvalue weighted by molar-refractivity contribution is 5.96. The number of hydrogen-bond donors (Lipinski definition) is 2. The molecule has 2 aliphatic heterocycles. The van der Waals surface area contributed by atoms with Gasteiger partial charge >= 0.3 is 0 Å². The summed E-state index contributed by atoms with van der Waals surface area (Å²) in [7, 11) is 0. The number of benzene rings is 1. The van der Waals surface area contributed by atoms with Crippen molar-refractivity contribution in [3.63, 3.8) is 0 Å². The third-order valence-corrected chi connectivity index (χ3v) is 4.59. The molecule has 1 atom stereocenters. The first-order chi connectivity index (χ1) is 9.74. The fourth-order valence-corrected chi connectivity index (χ4v) is 3.59. The molecule has 2 heterocycles. The maximum Gasteiger partial charge on any atom is 0.123 e. The van der Waals surface area contributed by atoms with Gasteiger partial charge in [0.05, 0.1) is 0 Å². The second-order valence-corrected chi connectivity index (χ2v) is 5.99. The summed E-state index contributed by atoms with van der Waals surface area (Å²) < 4.78 is 0. The van der Waals surface area contributed by atoms with Gasteiger partial charge in [-0.15, -0.1) is 0 Å². The second kappa shape index (κ2) is 5.94. The number of hydrogen-bond acceptors (Lipinski definition) is 3. The van der Waals surface area contributed by atoms with E-state index in [1.165, 1.54) is 37.9 Å². The van der Waals surface area contributed by atoms with Crippen molar-refractivity contribution in [3.8, 4) is 0 Å². The molecule has 3 rings (SSSR count). The Kier molecular flexibility index (Phi) is 4.03. The molecule has 1 aromatic carbocycles. The average Bonchev–Trinajstić information content (AvgIpc) is 2.78. The number of nitrogens with zero attached hydrogens (tertiary/aromatic N) is 2. The molecule has 0 radical (unpaired) electrons. The zero-order valence-electron chi connectivity index (χ0n) is 12.0. The Morgan fingerprint density at radius 1 is 1.20 bits per heavy atom. The van der Waals surface area contributed by atoms with Gasteiger partial charge in [-0.05, 0) is 44.5 Å². The first kappa shape index (κ1) is 13.6. The fraction of sp³-hybridized carbons (Fsp3) is 0.562. The van der Waals surface area contributed by atoms with Crippen molar-refractivity contribution in [1.82, 2.24) is 9.80 Å². The van der Waals surface area contributed by atoms with Crippen LogP contribution in [0, 0.1) is 5.41 Å². The Balaban J connectivity index is 1.72. The summed E-state index contributed by atoms with van der Waals surface area (Å²) in [4.78, 5) is 5.19. The van der Waals surface area contributed by atoms with Crippen LogP contribution in [0.3, 0.4) is 0 Å². The van der Waals surface area contributed by atoms with E-state index in [2.05, 4.69) is 15.9 Å². The number of nitrogens with two attached hydrogens (primary N) is 1. The zero-order valence-corrected chi connectivity index (χ0v) is 12.0. The number of amidine groups is 1. The van der Waals surface area contributed by atoms with E-state index in [9.17, 15) is 0 Å². The van der Waals surface area contributed by atoms with E-state index in [4.69, 9.17) is 11.1 Å². The van der Waals surface area contributed by atoms with Gasteiger partial charge < -0.3 is 5.73 Å². The molecule has 4 nitrogen and oxygen atoms in total. The molecular weight excluding hydrogens is 248 g/mol. The van der Waals surface area contributed by atoms with Crippen molar-refractivity contribution < 1.29 is 0 Å². The molecule has 1 unspecified atom stereocenters. The standard InChI is InChI=1S/C16H24N4/c17-16(18)15-7-2-1-5-13(15)11-19-8-4-10-20-9-3-6-14(20)12-19/h1-2,5,7,14H,3-4,6,8-12H2,(H3,17,18). The normalized spacial score (nSPS) is 24.3. The van der Waals surface area contributed by atoms with E-state index >= 15 is 0 Å². The van der Waals surface area contributed by atoms with Crippen molar-refractivity contribution in [2.24, 2.45) is 5.73 Å². The minimum atomic E-state index is 0.179. The Bertz CT molecular complexity index is 485. The molecule has 1 aromatic rings. The van der Waals surface area contributed by atoms with Gasteiger partial charge in [-0.3, -0.25) is 15.2 Å². The van der Waals surface area contributed by atoms with E-state index in [0.29, 0.717) is 0 Å². The lowest BCUT2D eigenvalue weighted by Gasteiger charge is -2.26. The van der Waals surface area contributed by atoms with E-state index < -0.39 is 0 Å². The van der Waals surface area contributed by atoms with Crippen molar-refractivity contribution in [2.45, 2.75) is 31.8 Å². The molecule has 0 bridgehead atoms. The van der Waals surface area contributed by atoms with Crippen LogP contribution < -0.4 is 5.73 Å². The van der Waals surface area contributed by atoms with E-state index in [1.54, 1.807) is 0 Å². The summed E-state index contributed by atoms with van der Waals surface area (Å²) >= 11 is 0. The SMILES string of the molecule is N=C(N)c1ccccc1CN1CCCN2CCCC2C1. The molecule has 0 aromatic heterocycles. The molecule has 2 saturated heterocycles. The molecule has 2 aliphatic rings. The van der Waals surface area contributed by atoms with Gasteiger partial charge in [0, 0.05) is 24.7 Å². The number of nitrogens with one attached hydrogen (secondary N) is 1. The average molecular weight is 272 g/mol. The summed E-state index contributed by atoms with van der Waals surface area (Å²) in [5.74, 6) is 0.179. The number of fused-ring (bicyclic) bond motifs is 1. The van der Waals surface area contributed by atoms with Gasteiger partial charge in [-0.25, -0.2) is 0 Å². The molecule has 3 N–H and O–H groups in total. The monoisotopic (exact) mass is 272 g/mol. The quantitative estimate of drug-likeness (QED) is 0.649. The largest absolute Gasteiger partial charge is 0.384 e. The molecule has 0 spiro atoms. The lowest BCUT2D eigenvalue weighted by atomic mass is 10.1. The summed E-state index contributed by atoms with van der Waals surface area (Å²) in [6, 6.07) is 8.80. The van der Waals surface area contributed by atoms with Gasteiger partial charge in [0.2, 0.25) is 0 Å². The summed E-state index contributed by atoms with van der Waals surface area (Å²) in [6.07, 6.45) is 3.94. The Morgan fingerprint density at radius 3 is 2.85 bits per heavy atom. The van der Waals surface area contributed by atoms with Crippen LogP contribution in [-0.2, 0) is 6.54 Å². The molecule has 108 valence electrons. The predicted molar refractivity (Wildman–Crippen MR) is 81.9 cm³/mol. The number of rotatable bonds is 3. The van der Waals surface area contributed by atoms with Gasteiger partial charge in [0.25, 0.3) is 0 Å². The maximum atomic E-state index is 7.71. The zero-order chi connectivity index (χ0) is 13.9. The summed E-state index contributed by atoms with van der Waals surface area (Å²) in [5.41, 5.74) is 7.77.